The van der Waals surface area contributed by atoms with Gasteiger partial charge in [-0.25, -0.2) is 0 Å². The van der Waals surface area contributed by atoms with Gasteiger partial charge in [-0.3, -0.25) is 9.69 Å². The molecule has 1 aliphatic heterocycles. The van der Waals surface area contributed by atoms with Crippen molar-refractivity contribution < 1.29 is 4.79 Å². The summed E-state index contributed by atoms with van der Waals surface area (Å²) in [7, 11) is 0. The minimum atomic E-state index is -0.177. The van der Waals surface area contributed by atoms with Crippen LogP contribution in [-0.4, -0.2) is 23.9 Å². The van der Waals surface area contributed by atoms with Crippen molar-refractivity contribution in [2.75, 3.05) is 13.1 Å². The molecule has 1 aliphatic rings. The van der Waals surface area contributed by atoms with Crippen LogP contribution in [0.25, 0.3) is 0 Å². The van der Waals surface area contributed by atoms with Crippen LogP contribution in [-0.2, 0) is 6.54 Å². The van der Waals surface area contributed by atoms with E-state index in [2.05, 4.69) is 72.6 Å². The van der Waals surface area contributed by atoms with Gasteiger partial charge in [-0.05, 0) is 67.6 Å². The first kappa shape index (κ1) is 21.3. The molecule has 31 heavy (non-hydrogen) atoms. The number of rotatable bonds is 6. The number of nitrogens with one attached hydrogen (secondary N) is 1. The number of likely N-dealkylation sites (tertiary alicyclic amines) is 1. The highest BCUT2D eigenvalue weighted by Gasteiger charge is 2.19. The molecule has 1 fully saturated rings. The molecule has 0 spiro atoms. The van der Waals surface area contributed by atoms with E-state index in [0.29, 0.717) is 5.56 Å². The molecule has 1 amide bonds. The second-order valence-electron chi connectivity index (χ2n) is 8.88. The van der Waals surface area contributed by atoms with Crippen molar-refractivity contribution in [3.05, 3.63) is 107 Å². The third kappa shape index (κ3) is 5.62. The molecule has 1 heterocycles. The molecular formula is C28H32N2O. The maximum absolute atomic E-state index is 13.1. The molecule has 1 atom stereocenters. The summed E-state index contributed by atoms with van der Waals surface area (Å²) in [5.41, 5.74) is 5.34. The molecule has 3 nitrogen and oxygen atoms in total. The lowest BCUT2D eigenvalue weighted by Crippen LogP contribution is -2.32. The van der Waals surface area contributed by atoms with E-state index in [1.54, 1.807) is 0 Å². The molecule has 3 aromatic carbocycles. The normalized spacial score (nSPS) is 16.1. The smallest absolute Gasteiger partial charge is 0.252 e. The number of carbonyl (C=O) groups excluding carboxylic acids is 1. The van der Waals surface area contributed by atoms with Gasteiger partial charge in [0.2, 0.25) is 0 Å². The SMILES string of the molecule is Cc1ccc(C(NC(=O)c2ccc(CN3CCC(C)CC3)cc2)c2ccccc2)cc1. The Morgan fingerprint density at radius 1 is 0.903 bits per heavy atom. The number of aryl methyl sites for hydroxylation is 1. The van der Waals surface area contributed by atoms with Crippen LogP contribution < -0.4 is 5.32 Å². The second-order valence-corrected chi connectivity index (χ2v) is 8.88. The average Bonchev–Trinajstić information content (AvgIpc) is 2.81. The summed E-state index contributed by atoms with van der Waals surface area (Å²) in [6, 6.07) is 26.4. The molecule has 0 aromatic heterocycles. The highest BCUT2D eigenvalue weighted by atomic mass is 16.1. The van der Waals surface area contributed by atoms with Crippen molar-refractivity contribution in [2.24, 2.45) is 5.92 Å². The Morgan fingerprint density at radius 3 is 2.16 bits per heavy atom. The summed E-state index contributed by atoms with van der Waals surface area (Å²) >= 11 is 0. The van der Waals surface area contributed by atoms with Crippen LogP contribution >= 0.6 is 0 Å². The van der Waals surface area contributed by atoms with Gasteiger partial charge in [-0.15, -0.1) is 0 Å². The van der Waals surface area contributed by atoms with Gasteiger partial charge in [0.15, 0.2) is 0 Å². The largest absolute Gasteiger partial charge is 0.341 e. The van der Waals surface area contributed by atoms with Crippen molar-refractivity contribution in [3.63, 3.8) is 0 Å². The van der Waals surface area contributed by atoms with Gasteiger partial charge in [-0.2, -0.15) is 0 Å². The molecule has 3 aromatic rings. The van der Waals surface area contributed by atoms with Gasteiger partial charge < -0.3 is 5.32 Å². The predicted molar refractivity (Wildman–Crippen MR) is 127 cm³/mol. The Morgan fingerprint density at radius 2 is 1.52 bits per heavy atom. The average molecular weight is 413 g/mol. The van der Waals surface area contributed by atoms with Crippen molar-refractivity contribution in [1.82, 2.24) is 10.2 Å². The predicted octanol–water partition coefficient (Wildman–Crippen LogP) is 5.75. The standard InChI is InChI=1S/C28H32N2O/c1-21-8-12-25(13-9-21)27(24-6-4-3-5-7-24)29-28(31)26-14-10-23(11-15-26)20-30-18-16-22(2)17-19-30/h3-15,22,27H,16-20H2,1-2H3,(H,29,31). The first-order chi connectivity index (χ1) is 15.1. The number of hydrogen-bond acceptors (Lipinski definition) is 2. The maximum Gasteiger partial charge on any atom is 0.252 e. The highest BCUT2D eigenvalue weighted by Crippen LogP contribution is 2.23. The van der Waals surface area contributed by atoms with Gasteiger partial charge >= 0.3 is 0 Å². The zero-order valence-electron chi connectivity index (χ0n) is 18.6. The number of amides is 1. The fraction of sp³-hybridized carbons (Fsp3) is 0.321. The first-order valence-electron chi connectivity index (χ1n) is 11.3. The third-order valence-corrected chi connectivity index (χ3v) is 6.32. The maximum atomic E-state index is 13.1. The summed E-state index contributed by atoms with van der Waals surface area (Å²) in [5, 5.41) is 3.24. The van der Waals surface area contributed by atoms with Crippen molar-refractivity contribution in [2.45, 2.75) is 39.3 Å². The molecule has 3 heteroatoms. The number of benzene rings is 3. The fourth-order valence-corrected chi connectivity index (χ4v) is 4.22. The van der Waals surface area contributed by atoms with E-state index in [0.717, 1.165) is 23.6 Å². The number of piperidine rings is 1. The van der Waals surface area contributed by atoms with Crippen LogP contribution in [0.15, 0.2) is 78.9 Å². The number of hydrogen-bond donors (Lipinski definition) is 1. The van der Waals surface area contributed by atoms with Crippen LogP contribution in [0.5, 0.6) is 0 Å². The topological polar surface area (TPSA) is 32.3 Å². The van der Waals surface area contributed by atoms with Gasteiger partial charge in [0.05, 0.1) is 6.04 Å². The lowest BCUT2D eigenvalue weighted by atomic mass is 9.97. The lowest BCUT2D eigenvalue weighted by Gasteiger charge is -2.30. The minimum Gasteiger partial charge on any atom is -0.341 e. The molecule has 0 saturated carbocycles. The zero-order chi connectivity index (χ0) is 21.6. The molecule has 1 saturated heterocycles. The first-order valence-corrected chi connectivity index (χ1v) is 11.3. The number of nitrogens with zero attached hydrogens (tertiary/aromatic N) is 1. The molecular weight excluding hydrogens is 380 g/mol. The molecule has 0 bridgehead atoms. The van der Waals surface area contributed by atoms with Crippen LogP contribution in [0, 0.1) is 12.8 Å². The Hall–Kier alpha value is -2.91. The molecule has 160 valence electrons. The molecule has 1 unspecified atom stereocenters. The Balaban J connectivity index is 1.46. The fourth-order valence-electron chi connectivity index (χ4n) is 4.22. The van der Waals surface area contributed by atoms with Crippen molar-refractivity contribution in [1.29, 1.82) is 0 Å². The van der Waals surface area contributed by atoms with E-state index < -0.39 is 0 Å². The van der Waals surface area contributed by atoms with Crippen LogP contribution in [0.4, 0.5) is 0 Å². The Labute approximate surface area is 186 Å². The molecule has 0 radical (unpaired) electrons. The van der Waals surface area contributed by atoms with Crippen molar-refractivity contribution in [3.8, 4) is 0 Å². The van der Waals surface area contributed by atoms with E-state index >= 15 is 0 Å². The third-order valence-electron chi connectivity index (χ3n) is 6.32. The van der Waals surface area contributed by atoms with E-state index in [1.807, 2.05) is 30.3 Å². The monoisotopic (exact) mass is 412 g/mol. The van der Waals surface area contributed by atoms with Gasteiger partial charge in [0, 0.05) is 12.1 Å². The summed E-state index contributed by atoms with van der Waals surface area (Å²) in [6.07, 6.45) is 2.56. The summed E-state index contributed by atoms with van der Waals surface area (Å²) in [5.74, 6) is 0.793. The molecule has 4 rings (SSSR count). The summed E-state index contributed by atoms with van der Waals surface area (Å²) < 4.78 is 0. The van der Waals surface area contributed by atoms with Crippen LogP contribution in [0.1, 0.15) is 58.4 Å². The summed E-state index contributed by atoms with van der Waals surface area (Å²) in [4.78, 5) is 15.6. The zero-order valence-corrected chi connectivity index (χ0v) is 18.6. The lowest BCUT2D eigenvalue weighted by molar-refractivity contribution is 0.0943. The van der Waals surface area contributed by atoms with Gasteiger partial charge in [0.25, 0.3) is 5.91 Å². The van der Waals surface area contributed by atoms with Gasteiger partial charge in [0.1, 0.15) is 0 Å². The van der Waals surface area contributed by atoms with Gasteiger partial charge in [-0.1, -0.05) is 79.2 Å². The quantitative estimate of drug-likeness (QED) is 0.559. The minimum absolute atomic E-state index is 0.0484. The van der Waals surface area contributed by atoms with Crippen molar-refractivity contribution >= 4 is 5.91 Å². The molecule has 0 aliphatic carbocycles. The van der Waals surface area contributed by atoms with E-state index in [1.165, 1.54) is 37.1 Å². The van der Waals surface area contributed by atoms with E-state index in [4.69, 9.17) is 0 Å². The Bertz CT molecular complexity index is 972. The second kappa shape index (κ2) is 9.93. The highest BCUT2D eigenvalue weighted by molar-refractivity contribution is 5.94. The molecule has 1 N–H and O–H groups in total. The van der Waals surface area contributed by atoms with E-state index in [-0.39, 0.29) is 11.9 Å². The van der Waals surface area contributed by atoms with Crippen LogP contribution in [0.3, 0.4) is 0 Å². The Kier molecular flexibility index (Phi) is 6.83. The van der Waals surface area contributed by atoms with Crippen LogP contribution in [0.2, 0.25) is 0 Å². The number of carbonyl (C=O) groups is 1. The summed E-state index contributed by atoms with van der Waals surface area (Å²) in [6.45, 7) is 7.71. The van der Waals surface area contributed by atoms with E-state index in [9.17, 15) is 4.79 Å².